The third-order valence-corrected chi connectivity index (χ3v) is 3.66. The highest BCUT2D eigenvalue weighted by molar-refractivity contribution is 7.90. The summed E-state index contributed by atoms with van der Waals surface area (Å²) in [5, 5.41) is 0. The summed E-state index contributed by atoms with van der Waals surface area (Å²) < 4.78 is 27.6. The molecule has 1 aromatic rings. The second-order valence-electron chi connectivity index (χ2n) is 3.98. The maximum Gasteiger partial charge on any atom is 0.282 e. The summed E-state index contributed by atoms with van der Waals surface area (Å²) in [6, 6.07) is 5.24. The summed E-state index contributed by atoms with van der Waals surface area (Å²) in [4.78, 5) is 0.276. The first-order chi connectivity index (χ1) is 7.35. The monoisotopic (exact) mass is 239 g/mol. The van der Waals surface area contributed by atoms with Gasteiger partial charge >= 0.3 is 0 Å². The van der Waals surface area contributed by atoms with Crippen LogP contribution in [0.15, 0.2) is 27.5 Å². The molecule has 0 saturated heterocycles. The van der Waals surface area contributed by atoms with E-state index >= 15 is 0 Å². The van der Waals surface area contributed by atoms with Gasteiger partial charge in [-0.3, -0.25) is 0 Å². The van der Waals surface area contributed by atoms with Gasteiger partial charge < -0.3 is 0 Å². The van der Waals surface area contributed by atoms with Gasteiger partial charge in [0.1, 0.15) is 0 Å². The highest BCUT2D eigenvalue weighted by Crippen LogP contribution is 2.17. The SMILES string of the molecule is CC/C(C)=N\S(=O)(=O)c1cc(C)cc(C)c1. The Labute approximate surface area is 97.3 Å². The van der Waals surface area contributed by atoms with Gasteiger partial charge in [-0.25, -0.2) is 0 Å². The Kier molecular flexibility index (Phi) is 3.86. The molecule has 0 aliphatic heterocycles. The molecule has 3 nitrogen and oxygen atoms in total. The normalized spacial score (nSPS) is 12.9. The van der Waals surface area contributed by atoms with E-state index in [2.05, 4.69) is 4.40 Å². The summed E-state index contributed by atoms with van der Waals surface area (Å²) in [5.41, 5.74) is 2.49. The zero-order valence-electron chi connectivity index (χ0n) is 10.1. The molecule has 0 fully saturated rings. The molecule has 88 valence electrons. The molecule has 1 rings (SSSR count). The summed E-state index contributed by atoms with van der Waals surface area (Å²) in [6.45, 7) is 7.36. The molecule has 4 heteroatoms. The number of sulfonamides is 1. The van der Waals surface area contributed by atoms with Crippen LogP contribution >= 0.6 is 0 Å². The topological polar surface area (TPSA) is 46.5 Å². The fourth-order valence-electron chi connectivity index (χ4n) is 1.40. The number of rotatable bonds is 3. The molecule has 0 spiro atoms. The Morgan fingerprint density at radius 2 is 1.69 bits per heavy atom. The van der Waals surface area contributed by atoms with Crippen LogP contribution in [0, 0.1) is 13.8 Å². The molecule has 0 bridgehead atoms. The van der Waals surface area contributed by atoms with Crippen molar-refractivity contribution in [3.05, 3.63) is 29.3 Å². The van der Waals surface area contributed by atoms with E-state index in [0.717, 1.165) is 11.1 Å². The first-order valence-electron chi connectivity index (χ1n) is 5.24. The molecule has 16 heavy (non-hydrogen) atoms. The van der Waals surface area contributed by atoms with Gasteiger partial charge in [0.25, 0.3) is 10.0 Å². The molecule has 0 aliphatic rings. The first-order valence-corrected chi connectivity index (χ1v) is 6.68. The van der Waals surface area contributed by atoms with Gasteiger partial charge in [0, 0.05) is 5.71 Å². The standard InChI is InChI=1S/C12H17NO2S/c1-5-11(4)13-16(14,15)12-7-9(2)6-10(3)8-12/h6-8H,5H2,1-4H3/b13-11-. The van der Waals surface area contributed by atoms with Crippen LogP contribution in [0.1, 0.15) is 31.4 Å². The van der Waals surface area contributed by atoms with E-state index in [1.165, 1.54) is 0 Å². The van der Waals surface area contributed by atoms with Crippen molar-refractivity contribution in [2.24, 2.45) is 4.40 Å². The lowest BCUT2D eigenvalue weighted by Gasteiger charge is -2.03. The van der Waals surface area contributed by atoms with Crippen molar-refractivity contribution in [2.45, 2.75) is 39.0 Å². The van der Waals surface area contributed by atoms with E-state index in [4.69, 9.17) is 0 Å². The number of hydrogen-bond donors (Lipinski definition) is 0. The van der Waals surface area contributed by atoms with Gasteiger partial charge in [-0.1, -0.05) is 13.0 Å². The van der Waals surface area contributed by atoms with E-state index in [1.807, 2.05) is 26.8 Å². The molecule has 0 unspecified atom stereocenters. The van der Waals surface area contributed by atoms with Gasteiger partial charge in [-0.15, -0.1) is 0 Å². The van der Waals surface area contributed by atoms with Gasteiger partial charge in [0.15, 0.2) is 0 Å². The Hall–Kier alpha value is -1.16. The second-order valence-corrected chi connectivity index (χ2v) is 5.58. The lowest BCUT2D eigenvalue weighted by molar-refractivity contribution is 0.597. The van der Waals surface area contributed by atoms with Gasteiger partial charge in [-0.05, 0) is 50.5 Å². The predicted octanol–water partition coefficient (Wildman–Crippen LogP) is 2.86. The number of benzene rings is 1. The molecule has 0 saturated carbocycles. The molecule has 0 amide bonds. The third kappa shape index (κ3) is 3.17. The lowest BCUT2D eigenvalue weighted by atomic mass is 10.2. The van der Waals surface area contributed by atoms with E-state index in [-0.39, 0.29) is 4.90 Å². The van der Waals surface area contributed by atoms with Crippen LogP contribution in [0.5, 0.6) is 0 Å². The van der Waals surface area contributed by atoms with E-state index in [0.29, 0.717) is 12.1 Å². The highest BCUT2D eigenvalue weighted by atomic mass is 32.2. The van der Waals surface area contributed by atoms with E-state index in [1.54, 1.807) is 19.1 Å². The van der Waals surface area contributed by atoms with Crippen molar-refractivity contribution in [1.29, 1.82) is 0 Å². The maximum absolute atomic E-state index is 11.9. The highest BCUT2D eigenvalue weighted by Gasteiger charge is 2.13. The molecule has 0 atom stereocenters. The number of aryl methyl sites for hydroxylation is 2. The van der Waals surface area contributed by atoms with Crippen molar-refractivity contribution >= 4 is 15.7 Å². The Morgan fingerprint density at radius 3 is 2.12 bits per heavy atom. The number of nitrogens with zero attached hydrogens (tertiary/aromatic N) is 1. The summed E-state index contributed by atoms with van der Waals surface area (Å²) >= 11 is 0. The molecular formula is C12H17NO2S. The summed E-state index contributed by atoms with van der Waals surface area (Å²) in [7, 11) is -3.53. The fourth-order valence-corrected chi connectivity index (χ4v) is 2.72. The van der Waals surface area contributed by atoms with Crippen LogP contribution in [0.2, 0.25) is 0 Å². The number of hydrogen-bond acceptors (Lipinski definition) is 2. The third-order valence-electron chi connectivity index (χ3n) is 2.28. The Bertz CT molecular complexity index is 496. The smallest absolute Gasteiger partial charge is 0.199 e. The van der Waals surface area contributed by atoms with Crippen LogP contribution in [0.25, 0.3) is 0 Å². The minimum atomic E-state index is -3.53. The maximum atomic E-state index is 11.9. The van der Waals surface area contributed by atoms with Crippen LogP contribution in [0.3, 0.4) is 0 Å². The van der Waals surface area contributed by atoms with Crippen molar-refractivity contribution in [2.75, 3.05) is 0 Å². The van der Waals surface area contributed by atoms with Crippen LogP contribution in [0.4, 0.5) is 0 Å². The van der Waals surface area contributed by atoms with Crippen LogP contribution in [-0.2, 0) is 10.0 Å². The summed E-state index contributed by atoms with van der Waals surface area (Å²) in [5.74, 6) is 0. The average Bonchev–Trinajstić information content (AvgIpc) is 2.15. The molecular weight excluding hydrogens is 222 g/mol. The molecule has 0 N–H and O–H groups in total. The largest absolute Gasteiger partial charge is 0.282 e. The van der Waals surface area contributed by atoms with Crippen LogP contribution < -0.4 is 0 Å². The minimum absolute atomic E-state index is 0.276. The average molecular weight is 239 g/mol. The predicted molar refractivity (Wildman–Crippen MR) is 66.5 cm³/mol. The van der Waals surface area contributed by atoms with Gasteiger partial charge in [-0.2, -0.15) is 12.8 Å². The van der Waals surface area contributed by atoms with Crippen molar-refractivity contribution < 1.29 is 8.42 Å². The first kappa shape index (κ1) is 12.9. The Morgan fingerprint density at radius 1 is 1.19 bits per heavy atom. The quantitative estimate of drug-likeness (QED) is 0.761. The van der Waals surface area contributed by atoms with Crippen LogP contribution in [-0.4, -0.2) is 14.1 Å². The van der Waals surface area contributed by atoms with Crippen molar-refractivity contribution in [3.8, 4) is 0 Å². The minimum Gasteiger partial charge on any atom is -0.199 e. The van der Waals surface area contributed by atoms with Gasteiger partial charge in [0.2, 0.25) is 0 Å². The van der Waals surface area contributed by atoms with Crippen molar-refractivity contribution in [3.63, 3.8) is 0 Å². The zero-order valence-corrected chi connectivity index (χ0v) is 10.9. The second kappa shape index (κ2) is 4.78. The lowest BCUT2D eigenvalue weighted by Crippen LogP contribution is -2.02. The zero-order chi connectivity index (χ0) is 12.3. The molecule has 1 aromatic carbocycles. The van der Waals surface area contributed by atoms with E-state index in [9.17, 15) is 8.42 Å². The van der Waals surface area contributed by atoms with Gasteiger partial charge in [0.05, 0.1) is 4.90 Å². The molecule has 0 heterocycles. The molecule has 0 aromatic heterocycles. The Balaban J connectivity index is 3.28. The summed E-state index contributed by atoms with van der Waals surface area (Å²) in [6.07, 6.45) is 0.643. The van der Waals surface area contributed by atoms with Crippen molar-refractivity contribution in [1.82, 2.24) is 0 Å². The molecule has 0 radical (unpaired) electrons. The fraction of sp³-hybridized carbons (Fsp3) is 0.417. The molecule has 0 aliphatic carbocycles. The van der Waals surface area contributed by atoms with E-state index < -0.39 is 10.0 Å².